The minimum atomic E-state index is -1.09. The molecular formula is C13H13BrN2O3. The van der Waals surface area contributed by atoms with E-state index in [9.17, 15) is 9.90 Å². The molecule has 0 aliphatic rings. The molecule has 1 aromatic heterocycles. The van der Waals surface area contributed by atoms with E-state index in [-0.39, 0.29) is 11.4 Å². The molecule has 0 radical (unpaired) electrons. The number of benzene rings is 1. The average Bonchev–Trinajstić information content (AvgIpc) is 2.69. The van der Waals surface area contributed by atoms with E-state index in [0.717, 1.165) is 10.0 Å². The highest BCUT2D eigenvalue weighted by Gasteiger charge is 2.19. The summed E-state index contributed by atoms with van der Waals surface area (Å²) in [7, 11) is 1.65. The van der Waals surface area contributed by atoms with Gasteiger partial charge in [0.1, 0.15) is 5.75 Å². The first kappa shape index (κ1) is 13.6. The predicted octanol–water partition coefficient (Wildman–Crippen LogP) is 2.87. The van der Waals surface area contributed by atoms with Crippen molar-refractivity contribution in [1.29, 1.82) is 0 Å². The lowest BCUT2D eigenvalue weighted by Crippen LogP contribution is -2.00. The molecule has 0 fully saturated rings. The lowest BCUT2D eigenvalue weighted by molar-refractivity contribution is 0.0689. The van der Waals surface area contributed by atoms with Gasteiger partial charge in [0.25, 0.3) is 0 Å². The molecule has 0 aliphatic heterocycles. The fourth-order valence-corrected chi connectivity index (χ4v) is 2.52. The fourth-order valence-electron chi connectivity index (χ4n) is 1.99. The van der Waals surface area contributed by atoms with Gasteiger partial charge in [0.05, 0.1) is 5.69 Å². The maximum atomic E-state index is 10.9. The van der Waals surface area contributed by atoms with Crippen LogP contribution in [0.1, 0.15) is 21.6 Å². The van der Waals surface area contributed by atoms with E-state index in [4.69, 9.17) is 5.11 Å². The van der Waals surface area contributed by atoms with E-state index in [1.165, 1.54) is 10.7 Å². The second-order valence-corrected chi connectivity index (χ2v) is 5.22. The van der Waals surface area contributed by atoms with Crippen LogP contribution in [0.2, 0.25) is 0 Å². The number of hydrogen-bond donors (Lipinski definition) is 2. The van der Waals surface area contributed by atoms with Gasteiger partial charge in [0.15, 0.2) is 5.69 Å². The number of hydrogen-bond acceptors (Lipinski definition) is 3. The van der Waals surface area contributed by atoms with Gasteiger partial charge in [0, 0.05) is 22.6 Å². The summed E-state index contributed by atoms with van der Waals surface area (Å²) in [5, 5.41) is 23.1. The molecule has 0 spiro atoms. The number of rotatable bonds is 2. The normalized spacial score (nSPS) is 10.7. The van der Waals surface area contributed by atoms with Gasteiger partial charge >= 0.3 is 5.97 Å². The topological polar surface area (TPSA) is 75.3 Å². The predicted molar refractivity (Wildman–Crippen MR) is 74.4 cm³/mol. The highest BCUT2D eigenvalue weighted by molar-refractivity contribution is 9.10. The van der Waals surface area contributed by atoms with Crippen LogP contribution in [0, 0.1) is 13.8 Å². The van der Waals surface area contributed by atoms with Crippen LogP contribution in [0.25, 0.3) is 11.3 Å². The Morgan fingerprint density at radius 2 is 2.00 bits per heavy atom. The third-order valence-electron chi connectivity index (χ3n) is 3.04. The SMILES string of the molecule is Cc1cc(Br)c(C)c(O)c1-c1cc(C(=O)O)nn1C. The second kappa shape index (κ2) is 4.70. The maximum absolute atomic E-state index is 10.9. The summed E-state index contributed by atoms with van der Waals surface area (Å²) in [5.74, 6) is -0.959. The van der Waals surface area contributed by atoms with Crippen molar-refractivity contribution in [2.75, 3.05) is 0 Å². The van der Waals surface area contributed by atoms with E-state index >= 15 is 0 Å². The molecule has 0 saturated carbocycles. The number of aryl methyl sites for hydroxylation is 2. The summed E-state index contributed by atoms with van der Waals surface area (Å²) in [6, 6.07) is 3.34. The number of carboxylic acids is 1. The molecule has 0 aliphatic carbocycles. The largest absolute Gasteiger partial charge is 0.507 e. The van der Waals surface area contributed by atoms with Crippen molar-refractivity contribution in [3.63, 3.8) is 0 Å². The lowest BCUT2D eigenvalue weighted by atomic mass is 10.0. The van der Waals surface area contributed by atoms with Gasteiger partial charge in [-0.2, -0.15) is 5.10 Å². The number of aromatic carboxylic acids is 1. The standard InChI is InChI=1S/C13H13BrN2O3/c1-6-4-8(14)7(2)12(17)11(6)10-5-9(13(18)19)15-16(10)3/h4-5,17H,1-3H3,(H,18,19). The summed E-state index contributed by atoms with van der Waals surface area (Å²) in [6.45, 7) is 3.64. The molecule has 0 unspecified atom stereocenters. The second-order valence-electron chi connectivity index (χ2n) is 4.37. The molecule has 2 rings (SSSR count). The van der Waals surface area contributed by atoms with Crippen molar-refractivity contribution in [3.05, 3.63) is 33.4 Å². The Labute approximate surface area is 118 Å². The Hall–Kier alpha value is -1.82. The number of aromatic hydroxyl groups is 1. The van der Waals surface area contributed by atoms with Crippen LogP contribution in [0.4, 0.5) is 0 Å². The fraction of sp³-hybridized carbons (Fsp3) is 0.231. The summed E-state index contributed by atoms with van der Waals surface area (Å²) in [4.78, 5) is 10.9. The van der Waals surface area contributed by atoms with Crippen molar-refractivity contribution in [2.45, 2.75) is 13.8 Å². The molecule has 6 heteroatoms. The monoisotopic (exact) mass is 324 g/mol. The summed E-state index contributed by atoms with van der Waals surface area (Å²) in [5.41, 5.74) is 2.68. The van der Waals surface area contributed by atoms with Gasteiger partial charge in [-0.1, -0.05) is 15.9 Å². The first-order valence-electron chi connectivity index (χ1n) is 5.59. The number of phenolic OH excluding ortho intramolecular Hbond substituents is 1. The van der Waals surface area contributed by atoms with E-state index in [2.05, 4.69) is 21.0 Å². The third-order valence-corrected chi connectivity index (χ3v) is 3.87. The van der Waals surface area contributed by atoms with Crippen molar-refractivity contribution in [1.82, 2.24) is 9.78 Å². The van der Waals surface area contributed by atoms with Crippen molar-refractivity contribution in [2.24, 2.45) is 7.05 Å². The van der Waals surface area contributed by atoms with E-state index in [0.29, 0.717) is 16.8 Å². The molecule has 100 valence electrons. The highest BCUT2D eigenvalue weighted by Crippen LogP contribution is 2.38. The number of halogens is 1. The molecule has 0 saturated heterocycles. The number of carboxylic acid groups (broad SMARTS) is 1. The lowest BCUT2D eigenvalue weighted by Gasteiger charge is -2.12. The van der Waals surface area contributed by atoms with Gasteiger partial charge in [0.2, 0.25) is 0 Å². The zero-order chi connectivity index (χ0) is 14.3. The molecule has 0 atom stereocenters. The number of carbonyl (C=O) groups is 1. The number of aromatic nitrogens is 2. The van der Waals surface area contributed by atoms with E-state index in [1.54, 1.807) is 14.0 Å². The summed E-state index contributed by atoms with van der Waals surface area (Å²) < 4.78 is 2.27. The van der Waals surface area contributed by atoms with Crippen LogP contribution in [-0.2, 0) is 7.05 Å². The Morgan fingerprint density at radius 1 is 1.37 bits per heavy atom. The van der Waals surface area contributed by atoms with Crippen LogP contribution in [0.3, 0.4) is 0 Å². The van der Waals surface area contributed by atoms with E-state index in [1.807, 2.05) is 13.0 Å². The summed E-state index contributed by atoms with van der Waals surface area (Å²) in [6.07, 6.45) is 0. The zero-order valence-corrected chi connectivity index (χ0v) is 12.3. The van der Waals surface area contributed by atoms with Gasteiger partial charge in [-0.05, 0) is 31.5 Å². The van der Waals surface area contributed by atoms with Gasteiger partial charge in [-0.3, -0.25) is 4.68 Å². The Balaban J connectivity index is 2.72. The van der Waals surface area contributed by atoms with Crippen LogP contribution in [0.5, 0.6) is 5.75 Å². The minimum Gasteiger partial charge on any atom is -0.507 e. The third kappa shape index (κ3) is 2.23. The number of phenols is 1. The van der Waals surface area contributed by atoms with Crippen LogP contribution >= 0.6 is 15.9 Å². The van der Waals surface area contributed by atoms with Crippen LogP contribution in [-0.4, -0.2) is 26.0 Å². The Morgan fingerprint density at radius 3 is 2.53 bits per heavy atom. The molecule has 1 aromatic carbocycles. The Kier molecular flexibility index (Phi) is 3.36. The van der Waals surface area contributed by atoms with Crippen molar-refractivity contribution >= 4 is 21.9 Å². The highest BCUT2D eigenvalue weighted by atomic mass is 79.9. The van der Waals surface area contributed by atoms with E-state index < -0.39 is 5.97 Å². The zero-order valence-electron chi connectivity index (χ0n) is 10.7. The maximum Gasteiger partial charge on any atom is 0.356 e. The van der Waals surface area contributed by atoms with Gasteiger partial charge in [-0.25, -0.2) is 4.79 Å². The quantitative estimate of drug-likeness (QED) is 0.890. The van der Waals surface area contributed by atoms with Crippen molar-refractivity contribution in [3.8, 4) is 17.0 Å². The van der Waals surface area contributed by atoms with Gasteiger partial charge in [-0.15, -0.1) is 0 Å². The molecule has 1 heterocycles. The van der Waals surface area contributed by atoms with Gasteiger partial charge < -0.3 is 10.2 Å². The molecule has 5 nitrogen and oxygen atoms in total. The molecule has 0 amide bonds. The molecular weight excluding hydrogens is 312 g/mol. The number of nitrogens with zero attached hydrogens (tertiary/aromatic N) is 2. The summed E-state index contributed by atoms with van der Waals surface area (Å²) >= 11 is 3.37. The van der Waals surface area contributed by atoms with Crippen LogP contribution in [0.15, 0.2) is 16.6 Å². The first-order chi connectivity index (χ1) is 8.82. The first-order valence-corrected chi connectivity index (χ1v) is 6.38. The Bertz CT molecular complexity index is 677. The minimum absolute atomic E-state index is 0.0446. The van der Waals surface area contributed by atoms with Crippen molar-refractivity contribution < 1.29 is 15.0 Å². The molecule has 2 aromatic rings. The molecule has 0 bridgehead atoms. The van der Waals surface area contributed by atoms with Crippen LogP contribution < -0.4 is 0 Å². The molecule has 19 heavy (non-hydrogen) atoms. The average molecular weight is 325 g/mol. The smallest absolute Gasteiger partial charge is 0.356 e. The molecule has 2 N–H and O–H groups in total.